The smallest absolute Gasteiger partial charge is 0.0945 e. The van der Waals surface area contributed by atoms with Crippen LogP contribution in [-0.4, -0.2) is 41.7 Å². The third-order valence-electron chi connectivity index (χ3n) is 3.93. The number of morpholine rings is 1. The van der Waals surface area contributed by atoms with Gasteiger partial charge >= 0.3 is 0 Å². The second-order valence-electron chi connectivity index (χ2n) is 5.98. The number of aromatic nitrogens is 1. The maximum atomic E-state index is 6.03. The highest BCUT2D eigenvalue weighted by Gasteiger charge is 2.22. The first-order chi connectivity index (χ1) is 10.6. The van der Waals surface area contributed by atoms with E-state index in [-0.39, 0.29) is 0 Å². The van der Waals surface area contributed by atoms with Crippen LogP contribution < -0.4 is 5.73 Å². The molecule has 1 aliphatic rings. The van der Waals surface area contributed by atoms with Crippen LogP contribution in [-0.2, 0) is 11.2 Å². The van der Waals surface area contributed by atoms with E-state index in [0.717, 1.165) is 43.0 Å². The van der Waals surface area contributed by atoms with Gasteiger partial charge < -0.3 is 10.5 Å². The molecule has 0 aliphatic carbocycles. The Balaban J connectivity index is 1.62. The number of ether oxygens (including phenoxy) is 1. The van der Waals surface area contributed by atoms with Crippen LogP contribution in [0.5, 0.6) is 0 Å². The number of nitrogens with zero attached hydrogens (tertiary/aromatic N) is 2. The van der Waals surface area contributed by atoms with Crippen LogP contribution in [0.4, 0.5) is 5.69 Å². The minimum atomic E-state index is 0.319. The molecular formula is C17H23N3OS. The molecule has 1 aromatic heterocycles. The number of benzene rings is 1. The van der Waals surface area contributed by atoms with Crippen molar-refractivity contribution in [2.45, 2.75) is 32.5 Å². The molecule has 22 heavy (non-hydrogen) atoms. The average molecular weight is 317 g/mol. The van der Waals surface area contributed by atoms with Crippen molar-refractivity contribution in [1.29, 1.82) is 0 Å². The van der Waals surface area contributed by atoms with E-state index in [1.165, 1.54) is 5.01 Å². The molecule has 2 heterocycles. The molecule has 0 saturated carbocycles. The molecule has 0 bridgehead atoms. The van der Waals surface area contributed by atoms with Crippen LogP contribution in [0.15, 0.2) is 29.6 Å². The quantitative estimate of drug-likeness (QED) is 0.881. The fourth-order valence-electron chi connectivity index (χ4n) is 3.00. The summed E-state index contributed by atoms with van der Waals surface area (Å²) in [7, 11) is 0. The predicted octanol–water partition coefficient (Wildman–Crippen LogP) is 3.04. The highest BCUT2D eigenvalue weighted by Crippen LogP contribution is 2.27. The van der Waals surface area contributed by atoms with Gasteiger partial charge in [-0.25, -0.2) is 4.98 Å². The molecule has 1 aromatic carbocycles. The molecule has 0 radical (unpaired) electrons. The Bertz CT molecular complexity index is 618. The Kier molecular flexibility index (Phi) is 4.76. The van der Waals surface area contributed by atoms with Crippen molar-refractivity contribution in [3.05, 3.63) is 34.7 Å². The van der Waals surface area contributed by atoms with Crippen LogP contribution in [0, 0.1) is 0 Å². The number of rotatable bonds is 4. The molecular weight excluding hydrogens is 294 g/mol. The van der Waals surface area contributed by atoms with Crippen molar-refractivity contribution >= 4 is 17.0 Å². The summed E-state index contributed by atoms with van der Waals surface area (Å²) in [5.74, 6) is 0. The van der Waals surface area contributed by atoms with Gasteiger partial charge in [0.2, 0.25) is 0 Å². The normalized spacial score (nSPS) is 22.8. The van der Waals surface area contributed by atoms with E-state index in [1.54, 1.807) is 11.3 Å². The van der Waals surface area contributed by atoms with E-state index in [2.05, 4.69) is 24.1 Å². The fourth-order valence-corrected chi connectivity index (χ4v) is 3.79. The van der Waals surface area contributed by atoms with Gasteiger partial charge in [-0.3, -0.25) is 4.90 Å². The molecule has 2 aromatic rings. The maximum Gasteiger partial charge on any atom is 0.0945 e. The van der Waals surface area contributed by atoms with Crippen molar-refractivity contribution in [2.75, 3.05) is 25.4 Å². The van der Waals surface area contributed by atoms with Crippen molar-refractivity contribution < 1.29 is 4.74 Å². The van der Waals surface area contributed by atoms with E-state index in [1.807, 2.05) is 24.3 Å². The maximum absolute atomic E-state index is 6.03. The van der Waals surface area contributed by atoms with Crippen LogP contribution >= 0.6 is 11.3 Å². The molecule has 118 valence electrons. The third kappa shape index (κ3) is 3.66. The first-order valence-electron chi connectivity index (χ1n) is 7.79. The van der Waals surface area contributed by atoms with Gasteiger partial charge in [-0.15, -0.1) is 11.3 Å². The second-order valence-corrected chi connectivity index (χ2v) is 6.92. The molecule has 2 N–H and O–H groups in total. The lowest BCUT2D eigenvalue weighted by Crippen LogP contribution is -2.46. The highest BCUT2D eigenvalue weighted by molar-refractivity contribution is 7.09. The van der Waals surface area contributed by atoms with Gasteiger partial charge in [-0.2, -0.15) is 0 Å². The van der Waals surface area contributed by atoms with Crippen molar-refractivity contribution in [2.24, 2.45) is 0 Å². The molecule has 1 fully saturated rings. The van der Waals surface area contributed by atoms with E-state index in [9.17, 15) is 0 Å². The number of nitrogen functional groups attached to an aromatic ring is 1. The molecule has 0 amide bonds. The zero-order valence-electron chi connectivity index (χ0n) is 13.2. The summed E-state index contributed by atoms with van der Waals surface area (Å²) in [5, 5.41) is 3.27. The third-order valence-corrected chi connectivity index (χ3v) is 4.83. The number of hydrogen-bond acceptors (Lipinski definition) is 5. The molecule has 4 nitrogen and oxygen atoms in total. The van der Waals surface area contributed by atoms with E-state index >= 15 is 0 Å². The van der Waals surface area contributed by atoms with Crippen molar-refractivity contribution in [1.82, 2.24) is 9.88 Å². The number of para-hydroxylation sites is 1. The molecule has 0 spiro atoms. The van der Waals surface area contributed by atoms with Crippen molar-refractivity contribution in [3.63, 3.8) is 0 Å². The van der Waals surface area contributed by atoms with Crippen molar-refractivity contribution in [3.8, 4) is 11.3 Å². The monoisotopic (exact) mass is 317 g/mol. The summed E-state index contributed by atoms with van der Waals surface area (Å²) in [6, 6.07) is 7.90. The molecule has 1 saturated heterocycles. The lowest BCUT2D eigenvalue weighted by Gasteiger charge is -2.35. The summed E-state index contributed by atoms with van der Waals surface area (Å²) in [4.78, 5) is 7.21. The first kappa shape index (κ1) is 15.5. The van der Waals surface area contributed by atoms with Gasteiger partial charge in [0.05, 0.1) is 22.9 Å². The fraction of sp³-hybridized carbons (Fsp3) is 0.471. The van der Waals surface area contributed by atoms with Gasteiger partial charge in [0.25, 0.3) is 0 Å². The van der Waals surface area contributed by atoms with E-state index in [0.29, 0.717) is 12.2 Å². The number of hydrogen-bond donors (Lipinski definition) is 1. The van der Waals surface area contributed by atoms with Gasteiger partial charge in [0.15, 0.2) is 0 Å². The lowest BCUT2D eigenvalue weighted by molar-refractivity contribution is -0.0675. The molecule has 2 atom stereocenters. The minimum Gasteiger partial charge on any atom is -0.398 e. The molecule has 2 unspecified atom stereocenters. The van der Waals surface area contributed by atoms with Gasteiger partial charge in [0.1, 0.15) is 0 Å². The standard InChI is InChI=1S/C17H23N3OS/c1-12-9-20(10-13(2)21-12)8-7-17-19-16(11-22-17)14-5-3-4-6-15(14)18/h3-6,11-13H,7-10,18H2,1-2H3. The molecule has 5 heteroatoms. The second kappa shape index (κ2) is 6.77. The topological polar surface area (TPSA) is 51.4 Å². The Hall–Kier alpha value is -1.43. The number of anilines is 1. The lowest BCUT2D eigenvalue weighted by atomic mass is 10.1. The Morgan fingerprint density at radius 2 is 2.00 bits per heavy atom. The van der Waals surface area contributed by atoms with Gasteiger partial charge in [0, 0.05) is 42.7 Å². The molecule has 1 aliphatic heterocycles. The van der Waals surface area contributed by atoms with Crippen LogP contribution in [0.1, 0.15) is 18.9 Å². The number of thiazole rings is 1. The van der Waals surface area contributed by atoms with Gasteiger partial charge in [-0.1, -0.05) is 18.2 Å². The summed E-state index contributed by atoms with van der Waals surface area (Å²) >= 11 is 1.72. The highest BCUT2D eigenvalue weighted by atomic mass is 32.1. The van der Waals surface area contributed by atoms with Crippen LogP contribution in [0.25, 0.3) is 11.3 Å². The number of nitrogens with two attached hydrogens (primary N) is 1. The van der Waals surface area contributed by atoms with E-state index in [4.69, 9.17) is 15.5 Å². The first-order valence-corrected chi connectivity index (χ1v) is 8.67. The van der Waals surface area contributed by atoms with Crippen LogP contribution in [0.3, 0.4) is 0 Å². The largest absolute Gasteiger partial charge is 0.398 e. The SMILES string of the molecule is CC1CN(CCc2nc(-c3ccccc3N)cs2)CC(C)O1. The summed E-state index contributed by atoms with van der Waals surface area (Å²) in [5.41, 5.74) is 8.83. The zero-order valence-corrected chi connectivity index (χ0v) is 14.0. The summed E-state index contributed by atoms with van der Waals surface area (Å²) in [6.45, 7) is 7.34. The summed E-state index contributed by atoms with van der Waals surface area (Å²) in [6.07, 6.45) is 1.62. The molecule has 3 rings (SSSR count). The Morgan fingerprint density at radius 3 is 2.73 bits per heavy atom. The van der Waals surface area contributed by atoms with Crippen LogP contribution in [0.2, 0.25) is 0 Å². The minimum absolute atomic E-state index is 0.319. The van der Waals surface area contributed by atoms with Gasteiger partial charge in [-0.05, 0) is 19.9 Å². The summed E-state index contributed by atoms with van der Waals surface area (Å²) < 4.78 is 5.77. The zero-order chi connectivity index (χ0) is 15.5. The Morgan fingerprint density at radius 1 is 1.27 bits per heavy atom. The Labute approximate surface area is 135 Å². The average Bonchev–Trinajstić information content (AvgIpc) is 2.93. The van der Waals surface area contributed by atoms with E-state index < -0.39 is 0 Å². The predicted molar refractivity (Wildman–Crippen MR) is 92.1 cm³/mol.